The van der Waals surface area contributed by atoms with E-state index in [2.05, 4.69) is 15.3 Å². The summed E-state index contributed by atoms with van der Waals surface area (Å²) >= 11 is 0. The number of rotatable bonds is 8. The first kappa shape index (κ1) is 21.1. The molecule has 1 saturated heterocycles. The second-order valence-electron chi connectivity index (χ2n) is 7.97. The standard InChI is InChI=1S/C24H26N4O5/c1-30-17-6-7-20-19(13-17)23(27-15-26-20)25-9-3-2-4-18-14-28(24(29)33-18)16-5-8-21-22(12-16)32-11-10-31-21/h5-8,12-13,15,18H,2-4,9-11,14H2,1H3,(H,25,26,27)/t18-/m0/s1. The molecule has 9 nitrogen and oxygen atoms in total. The molecule has 1 amide bonds. The minimum atomic E-state index is -0.323. The molecule has 3 heterocycles. The van der Waals surface area contributed by atoms with Gasteiger partial charge < -0.3 is 24.3 Å². The number of carbonyl (C=O) groups excluding carboxylic acids is 1. The van der Waals surface area contributed by atoms with E-state index in [9.17, 15) is 4.79 Å². The number of fused-ring (bicyclic) bond motifs is 2. The summed E-state index contributed by atoms with van der Waals surface area (Å²) in [5.41, 5.74) is 1.63. The predicted molar refractivity (Wildman–Crippen MR) is 123 cm³/mol. The van der Waals surface area contributed by atoms with Crippen LogP contribution in [0.4, 0.5) is 16.3 Å². The van der Waals surface area contributed by atoms with E-state index < -0.39 is 0 Å². The largest absolute Gasteiger partial charge is 0.497 e. The minimum Gasteiger partial charge on any atom is -0.497 e. The third-order valence-electron chi connectivity index (χ3n) is 5.80. The van der Waals surface area contributed by atoms with Gasteiger partial charge in [0.2, 0.25) is 0 Å². The van der Waals surface area contributed by atoms with Crippen molar-refractivity contribution in [1.29, 1.82) is 0 Å². The SMILES string of the molecule is COc1ccc2ncnc(NCCCC[C@H]3CN(c4ccc5c(c4)OCCO5)C(=O)O3)c2c1. The number of hydrogen-bond donors (Lipinski definition) is 1. The van der Waals surface area contributed by atoms with Crippen LogP contribution in [0.25, 0.3) is 10.9 Å². The van der Waals surface area contributed by atoms with Gasteiger partial charge in [-0.15, -0.1) is 0 Å². The van der Waals surface area contributed by atoms with Gasteiger partial charge >= 0.3 is 6.09 Å². The summed E-state index contributed by atoms with van der Waals surface area (Å²) in [6, 6.07) is 11.3. The molecule has 0 spiro atoms. The van der Waals surface area contributed by atoms with Crippen LogP contribution in [0.3, 0.4) is 0 Å². The lowest BCUT2D eigenvalue weighted by Crippen LogP contribution is -2.25. The number of anilines is 2. The van der Waals surface area contributed by atoms with Crippen LogP contribution in [0.5, 0.6) is 17.2 Å². The molecule has 0 radical (unpaired) electrons. The van der Waals surface area contributed by atoms with Gasteiger partial charge in [0.25, 0.3) is 0 Å². The van der Waals surface area contributed by atoms with Crippen molar-refractivity contribution >= 4 is 28.5 Å². The van der Waals surface area contributed by atoms with Crippen LogP contribution in [0.2, 0.25) is 0 Å². The molecule has 2 aliphatic rings. The second-order valence-corrected chi connectivity index (χ2v) is 7.97. The van der Waals surface area contributed by atoms with Gasteiger partial charge in [0.15, 0.2) is 11.5 Å². The van der Waals surface area contributed by atoms with Gasteiger partial charge in [-0.3, -0.25) is 4.90 Å². The molecular formula is C24H26N4O5. The molecule has 1 N–H and O–H groups in total. The van der Waals surface area contributed by atoms with Gasteiger partial charge in [0, 0.05) is 18.0 Å². The molecule has 2 aliphatic heterocycles. The fourth-order valence-electron chi connectivity index (χ4n) is 4.09. The molecule has 1 atom stereocenters. The molecule has 5 rings (SSSR count). The van der Waals surface area contributed by atoms with Crippen LogP contribution < -0.4 is 24.4 Å². The van der Waals surface area contributed by atoms with Gasteiger partial charge in [-0.2, -0.15) is 0 Å². The highest BCUT2D eigenvalue weighted by Crippen LogP contribution is 2.35. The first-order valence-electron chi connectivity index (χ1n) is 11.1. The number of methoxy groups -OCH3 is 1. The number of ether oxygens (including phenoxy) is 4. The lowest BCUT2D eigenvalue weighted by Gasteiger charge is -2.21. The number of nitrogens with zero attached hydrogens (tertiary/aromatic N) is 3. The Morgan fingerprint density at radius 1 is 1.09 bits per heavy atom. The lowest BCUT2D eigenvalue weighted by molar-refractivity contribution is 0.135. The Morgan fingerprint density at radius 2 is 1.97 bits per heavy atom. The third kappa shape index (κ3) is 4.57. The maximum atomic E-state index is 12.4. The van der Waals surface area contributed by atoms with E-state index in [-0.39, 0.29) is 12.2 Å². The Bertz CT molecular complexity index is 1150. The summed E-state index contributed by atoms with van der Waals surface area (Å²) in [4.78, 5) is 22.7. The number of nitrogens with one attached hydrogen (secondary N) is 1. The first-order valence-corrected chi connectivity index (χ1v) is 11.1. The van der Waals surface area contributed by atoms with Gasteiger partial charge in [-0.25, -0.2) is 14.8 Å². The maximum absolute atomic E-state index is 12.4. The van der Waals surface area contributed by atoms with Gasteiger partial charge in [0.1, 0.15) is 37.2 Å². The highest BCUT2D eigenvalue weighted by atomic mass is 16.6. The summed E-state index contributed by atoms with van der Waals surface area (Å²) in [6.45, 7) is 2.34. The normalized spacial score (nSPS) is 17.2. The van der Waals surface area contributed by atoms with Crippen LogP contribution in [0.1, 0.15) is 19.3 Å². The van der Waals surface area contributed by atoms with Crippen molar-refractivity contribution in [3.05, 3.63) is 42.7 Å². The average Bonchev–Trinajstić information content (AvgIpc) is 3.23. The molecule has 1 aromatic heterocycles. The lowest BCUT2D eigenvalue weighted by atomic mass is 10.1. The van der Waals surface area contributed by atoms with Crippen molar-refractivity contribution in [2.75, 3.05) is 43.6 Å². The Morgan fingerprint density at radius 3 is 2.85 bits per heavy atom. The van der Waals surface area contributed by atoms with Gasteiger partial charge in [-0.05, 0) is 49.6 Å². The maximum Gasteiger partial charge on any atom is 0.414 e. The molecule has 0 bridgehead atoms. The number of cyclic esters (lactones) is 1. The molecule has 0 unspecified atom stereocenters. The molecule has 172 valence electrons. The number of carbonyl (C=O) groups is 1. The van der Waals surface area contributed by atoms with Gasteiger partial charge in [-0.1, -0.05) is 0 Å². The Balaban J connectivity index is 1.11. The van der Waals surface area contributed by atoms with Crippen LogP contribution in [-0.2, 0) is 4.74 Å². The van der Waals surface area contributed by atoms with Crippen molar-refractivity contribution < 1.29 is 23.7 Å². The fraction of sp³-hybridized carbons (Fsp3) is 0.375. The van der Waals surface area contributed by atoms with Crippen molar-refractivity contribution in [3.63, 3.8) is 0 Å². The van der Waals surface area contributed by atoms with Crippen LogP contribution in [-0.4, -0.2) is 55.6 Å². The Labute approximate surface area is 191 Å². The molecule has 33 heavy (non-hydrogen) atoms. The summed E-state index contributed by atoms with van der Waals surface area (Å²) in [5.74, 6) is 2.93. The van der Waals surface area contributed by atoms with Crippen LogP contribution in [0, 0.1) is 0 Å². The summed E-state index contributed by atoms with van der Waals surface area (Å²) in [7, 11) is 1.64. The quantitative estimate of drug-likeness (QED) is 0.514. The van der Waals surface area contributed by atoms with E-state index in [1.54, 1.807) is 18.3 Å². The summed E-state index contributed by atoms with van der Waals surface area (Å²) in [5, 5.41) is 4.31. The number of hydrogen-bond acceptors (Lipinski definition) is 8. The molecule has 9 heteroatoms. The molecule has 2 aromatic carbocycles. The predicted octanol–water partition coefficient (Wildman–Crippen LogP) is 4.02. The topological polar surface area (TPSA) is 95.0 Å². The summed E-state index contributed by atoms with van der Waals surface area (Å²) < 4.78 is 22.1. The molecular weight excluding hydrogens is 424 g/mol. The number of aromatic nitrogens is 2. The smallest absolute Gasteiger partial charge is 0.414 e. The van der Waals surface area contributed by atoms with Crippen molar-refractivity contribution in [2.45, 2.75) is 25.4 Å². The third-order valence-corrected chi connectivity index (χ3v) is 5.80. The van der Waals surface area contributed by atoms with Crippen molar-refractivity contribution in [1.82, 2.24) is 9.97 Å². The summed E-state index contributed by atoms with van der Waals surface area (Å²) in [6.07, 6.45) is 3.75. The molecule has 1 fully saturated rings. The molecule has 0 saturated carbocycles. The highest BCUT2D eigenvalue weighted by molar-refractivity contribution is 5.90. The number of benzene rings is 2. The number of unbranched alkanes of at least 4 members (excludes halogenated alkanes) is 1. The average molecular weight is 450 g/mol. The zero-order valence-electron chi connectivity index (χ0n) is 18.5. The van der Waals surface area contributed by atoms with E-state index >= 15 is 0 Å². The van der Waals surface area contributed by atoms with Gasteiger partial charge in [0.05, 0.1) is 24.9 Å². The fourth-order valence-corrected chi connectivity index (χ4v) is 4.09. The van der Waals surface area contributed by atoms with Crippen molar-refractivity contribution in [3.8, 4) is 17.2 Å². The van der Waals surface area contributed by atoms with E-state index in [0.717, 1.165) is 54.0 Å². The molecule has 3 aromatic rings. The van der Waals surface area contributed by atoms with E-state index in [1.165, 1.54) is 0 Å². The minimum absolute atomic E-state index is 0.130. The van der Waals surface area contributed by atoms with E-state index in [1.807, 2.05) is 36.4 Å². The first-order chi connectivity index (χ1) is 16.2. The Hall–Kier alpha value is -3.75. The second kappa shape index (κ2) is 9.40. The van der Waals surface area contributed by atoms with E-state index in [0.29, 0.717) is 31.3 Å². The van der Waals surface area contributed by atoms with Crippen LogP contribution >= 0.6 is 0 Å². The van der Waals surface area contributed by atoms with Crippen LogP contribution in [0.15, 0.2) is 42.7 Å². The van der Waals surface area contributed by atoms with Crippen molar-refractivity contribution in [2.24, 2.45) is 0 Å². The molecule has 0 aliphatic carbocycles. The monoisotopic (exact) mass is 450 g/mol. The zero-order valence-corrected chi connectivity index (χ0v) is 18.5. The highest BCUT2D eigenvalue weighted by Gasteiger charge is 2.32. The number of amides is 1. The zero-order chi connectivity index (χ0) is 22.6. The Kier molecular flexibility index (Phi) is 6.01. The van der Waals surface area contributed by atoms with E-state index in [4.69, 9.17) is 18.9 Å².